The molecule has 1 aromatic carbocycles. The predicted molar refractivity (Wildman–Crippen MR) is 88.0 cm³/mol. The summed E-state index contributed by atoms with van der Waals surface area (Å²) in [7, 11) is 0. The van der Waals surface area contributed by atoms with Crippen LogP contribution in [-0.2, 0) is 14.3 Å². The molecule has 1 aromatic rings. The topological polar surface area (TPSA) is 52.6 Å². The van der Waals surface area contributed by atoms with Crippen LogP contribution in [-0.4, -0.2) is 37.2 Å². The highest BCUT2D eigenvalue weighted by atomic mass is 127. The van der Waals surface area contributed by atoms with Crippen molar-refractivity contribution in [2.45, 2.75) is 12.8 Å². The van der Waals surface area contributed by atoms with Crippen molar-refractivity contribution in [3.8, 4) is 0 Å². The highest BCUT2D eigenvalue weighted by molar-refractivity contribution is 14.1. The van der Waals surface area contributed by atoms with Crippen LogP contribution >= 0.6 is 34.4 Å². The van der Waals surface area contributed by atoms with Crippen LogP contribution < -0.4 is 0 Å². The van der Waals surface area contributed by atoms with E-state index >= 15 is 0 Å². The molecule has 0 N–H and O–H groups in total. The molecular weight excluding hydrogens is 391 g/mol. The number of hydrogen-bond acceptors (Lipinski definition) is 5. The number of thioether (sulfide) groups is 1. The standard InChI is InChI=1S/C14H17IO4S/c1-20-10-9-18-13(16)3-2-8-19-14(17)11-4-6-12(15)7-5-11/h4-7H,2-3,8-10H2,1H3. The smallest absolute Gasteiger partial charge is 0.338 e. The Bertz CT molecular complexity index is 433. The monoisotopic (exact) mass is 408 g/mol. The molecule has 6 heteroatoms. The van der Waals surface area contributed by atoms with Gasteiger partial charge in [0.2, 0.25) is 0 Å². The lowest BCUT2D eigenvalue weighted by Gasteiger charge is -2.05. The zero-order valence-corrected chi connectivity index (χ0v) is 14.2. The molecule has 0 aliphatic carbocycles. The van der Waals surface area contributed by atoms with Crippen molar-refractivity contribution in [1.82, 2.24) is 0 Å². The van der Waals surface area contributed by atoms with Gasteiger partial charge in [0.1, 0.15) is 6.61 Å². The molecule has 0 aromatic heterocycles. The Morgan fingerprint density at radius 3 is 2.50 bits per heavy atom. The second-order valence-electron chi connectivity index (χ2n) is 3.96. The van der Waals surface area contributed by atoms with E-state index in [2.05, 4.69) is 22.6 Å². The van der Waals surface area contributed by atoms with Crippen LogP contribution in [0.25, 0.3) is 0 Å². The third kappa shape index (κ3) is 7.14. The molecule has 110 valence electrons. The summed E-state index contributed by atoms with van der Waals surface area (Å²) in [6.07, 6.45) is 2.71. The van der Waals surface area contributed by atoms with E-state index in [4.69, 9.17) is 9.47 Å². The minimum atomic E-state index is -0.364. The van der Waals surface area contributed by atoms with Gasteiger partial charge >= 0.3 is 11.9 Å². The summed E-state index contributed by atoms with van der Waals surface area (Å²) in [5.74, 6) is 0.189. The zero-order chi connectivity index (χ0) is 14.8. The van der Waals surface area contributed by atoms with Crippen molar-refractivity contribution in [1.29, 1.82) is 0 Å². The van der Waals surface area contributed by atoms with Crippen molar-refractivity contribution in [2.75, 3.05) is 25.2 Å². The Morgan fingerprint density at radius 2 is 1.85 bits per heavy atom. The van der Waals surface area contributed by atoms with Gasteiger partial charge in [-0.2, -0.15) is 11.8 Å². The molecule has 0 amide bonds. The third-order valence-corrected chi connectivity index (χ3v) is 3.68. The number of halogens is 1. The number of rotatable bonds is 8. The third-order valence-electron chi connectivity index (χ3n) is 2.39. The average molecular weight is 408 g/mol. The molecular formula is C14H17IO4S. The van der Waals surface area contributed by atoms with Crippen LogP contribution in [0.4, 0.5) is 0 Å². The Hall–Kier alpha value is -0.760. The maximum absolute atomic E-state index is 11.7. The first kappa shape index (κ1) is 17.3. The number of esters is 2. The van der Waals surface area contributed by atoms with Gasteiger partial charge in [-0.25, -0.2) is 4.79 Å². The van der Waals surface area contributed by atoms with E-state index in [1.54, 1.807) is 23.9 Å². The Labute approximate surface area is 136 Å². The summed E-state index contributed by atoms with van der Waals surface area (Å²) in [4.78, 5) is 23.0. The Morgan fingerprint density at radius 1 is 1.15 bits per heavy atom. The molecule has 0 bridgehead atoms. The van der Waals surface area contributed by atoms with Gasteiger partial charge in [0.05, 0.1) is 12.2 Å². The van der Waals surface area contributed by atoms with E-state index in [1.807, 2.05) is 18.4 Å². The first-order valence-electron chi connectivity index (χ1n) is 6.20. The molecule has 0 aliphatic rings. The van der Waals surface area contributed by atoms with Crippen molar-refractivity contribution < 1.29 is 19.1 Å². The Kier molecular flexibility index (Phi) is 8.68. The van der Waals surface area contributed by atoms with Gasteiger partial charge in [-0.15, -0.1) is 0 Å². The lowest BCUT2D eigenvalue weighted by molar-refractivity contribution is -0.143. The van der Waals surface area contributed by atoms with E-state index < -0.39 is 0 Å². The van der Waals surface area contributed by atoms with Crippen molar-refractivity contribution in [3.05, 3.63) is 33.4 Å². The van der Waals surface area contributed by atoms with E-state index in [0.29, 0.717) is 18.6 Å². The molecule has 0 heterocycles. The van der Waals surface area contributed by atoms with Crippen LogP contribution in [0.2, 0.25) is 0 Å². The van der Waals surface area contributed by atoms with Crippen LogP contribution in [0, 0.1) is 3.57 Å². The number of carbonyl (C=O) groups excluding carboxylic acids is 2. The zero-order valence-electron chi connectivity index (χ0n) is 11.3. The van der Waals surface area contributed by atoms with E-state index in [1.165, 1.54) is 0 Å². The molecule has 1 rings (SSSR count). The summed E-state index contributed by atoms with van der Waals surface area (Å²) in [6.45, 7) is 0.658. The molecule has 0 atom stereocenters. The fourth-order valence-corrected chi connectivity index (χ4v) is 1.97. The molecule has 0 unspecified atom stereocenters. The second-order valence-corrected chi connectivity index (χ2v) is 6.19. The van der Waals surface area contributed by atoms with E-state index in [-0.39, 0.29) is 25.0 Å². The molecule has 0 fully saturated rings. The van der Waals surface area contributed by atoms with E-state index in [9.17, 15) is 9.59 Å². The SMILES string of the molecule is CSCCOC(=O)CCCOC(=O)c1ccc(I)cc1. The largest absolute Gasteiger partial charge is 0.465 e. The second kappa shape index (κ2) is 10.0. The van der Waals surface area contributed by atoms with Crippen LogP contribution in [0.3, 0.4) is 0 Å². The molecule has 0 aliphatic heterocycles. The van der Waals surface area contributed by atoms with Crippen LogP contribution in [0.15, 0.2) is 24.3 Å². The van der Waals surface area contributed by atoms with Gasteiger partial charge in [0.25, 0.3) is 0 Å². The Balaban J connectivity index is 2.16. The van der Waals surface area contributed by atoms with Gasteiger partial charge in [-0.05, 0) is 59.5 Å². The summed E-state index contributed by atoms with van der Waals surface area (Å²) in [5, 5.41) is 0. The predicted octanol–water partition coefficient (Wildman–Crippen LogP) is 3.13. The highest BCUT2D eigenvalue weighted by Crippen LogP contribution is 2.08. The highest BCUT2D eigenvalue weighted by Gasteiger charge is 2.07. The normalized spacial score (nSPS) is 10.1. The fraction of sp³-hybridized carbons (Fsp3) is 0.429. The first-order chi connectivity index (χ1) is 9.63. The van der Waals surface area contributed by atoms with Crippen molar-refractivity contribution in [2.24, 2.45) is 0 Å². The van der Waals surface area contributed by atoms with Gasteiger partial charge in [-0.1, -0.05) is 0 Å². The van der Waals surface area contributed by atoms with Gasteiger partial charge < -0.3 is 9.47 Å². The number of carbonyl (C=O) groups is 2. The molecule has 0 radical (unpaired) electrons. The van der Waals surface area contributed by atoms with Gasteiger partial charge in [-0.3, -0.25) is 4.79 Å². The minimum Gasteiger partial charge on any atom is -0.465 e. The van der Waals surface area contributed by atoms with Crippen molar-refractivity contribution >= 4 is 46.3 Å². The number of hydrogen-bond donors (Lipinski definition) is 0. The van der Waals surface area contributed by atoms with Crippen LogP contribution in [0.5, 0.6) is 0 Å². The molecule has 0 saturated carbocycles. The average Bonchev–Trinajstić information content (AvgIpc) is 2.44. The number of benzene rings is 1. The first-order valence-corrected chi connectivity index (χ1v) is 8.68. The summed E-state index contributed by atoms with van der Waals surface area (Å²) in [6, 6.07) is 7.14. The van der Waals surface area contributed by atoms with Crippen molar-refractivity contribution in [3.63, 3.8) is 0 Å². The lowest BCUT2D eigenvalue weighted by atomic mass is 10.2. The summed E-state index contributed by atoms with van der Waals surface area (Å²) in [5.41, 5.74) is 0.521. The maximum Gasteiger partial charge on any atom is 0.338 e. The number of ether oxygens (including phenoxy) is 2. The lowest BCUT2D eigenvalue weighted by Crippen LogP contribution is -2.10. The van der Waals surface area contributed by atoms with Gasteiger partial charge in [0.15, 0.2) is 0 Å². The maximum atomic E-state index is 11.7. The fourth-order valence-electron chi connectivity index (χ4n) is 1.36. The summed E-state index contributed by atoms with van der Waals surface area (Å²) >= 11 is 3.80. The minimum absolute atomic E-state index is 0.225. The van der Waals surface area contributed by atoms with E-state index in [0.717, 1.165) is 9.32 Å². The quantitative estimate of drug-likeness (QED) is 0.376. The molecule has 0 saturated heterocycles. The van der Waals surface area contributed by atoms with Crippen LogP contribution in [0.1, 0.15) is 23.2 Å². The molecule has 0 spiro atoms. The summed E-state index contributed by atoms with van der Waals surface area (Å²) < 4.78 is 11.1. The van der Waals surface area contributed by atoms with Gasteiger partial charge in [0, 0.05) is 15.7 Å². The molecule has 20 heavy (non-hydrogen) atoms. The molecule has 4 nitrogen and oxygen atoms in total.